The first-order valence-corrected chi connectivity index (χ1v) is 4.39. The van der Waals surface area contributed by atoms with Gasteiger partial charge in [-0.1, -0.05) is 24.3 Å². The van der Waals surface area contributed by atoms with E-state index in [1.54, 1.807) is 7.05 Å². The Kier molecular flexibility index (Phi) is 3.89. The highest BCUT2D eigenvalue weighted by Crippen LogP contribution is 1.99. The molecule has 1 aromatic carbocycles. The van der Waals surface area contributed by atoms with Crippen LogP contribution in [0.25, 0.3) is 0 Å². The first-order valence-electron chi connectivity index (χ1n) is 4.39. The molecule has 0 atom stereocenters. The van der Waals surface area contributed by atoms with E-state index in [1.807, 2.05) is 43.6 Å². The van der Waals surface area contributed by atoms with Crippen molar-refractivity contribution < 1.29 is 0 Å². The van der Waals surface area contributed by atoms with Crippen molar-refractivity contribution in [2.75, 3.05) is 13.6 Å². The second-order valence-corrected chi connectivity index (χ2v) is 2.68. The number of hydrogen-bond acceptors (Lipinski definition) is 2. The molecule has 2 nitrogen and oxygen atoms in total. The lowest BCUT2D eigenvalue weighted by Gasteiger charge is -1.93. The third kappa shape index (κ3) is 3.20. The largest absolute Gasteiger partial charge is 0.296 e. The molecule has 13 heavy (non-hydrogen) atoms. The van der Waals surface area contributed by atoms with Crippen molar-refractivity contribution in [3.05, 3.63) is 35.4 Å². The summed E-state index contributed by atoms with van der Waals surface area (Å²) < 4.78 is 0. The van der Waals surface area contributed by atoms with Crippen LogP contribution >= 0.6 is 0 Å². The molecule has 0 bridgehead atoms. The molecule has 0 saturated carbocycles. The van der Waals surface area contributed by atoms with E-state index in [2.05, 4.69) is 9.98 Å². The fourth-order valence-corrected chi connectivity index (χ4v) is 1.01. The minimum absolute atomic E-state index is 0.832. The van der Waals surface area contributed by atoms with Crippen LogP contribution in [0, 0.1) is 0 Å². The molecule has 0 fully saturated rings. The SMILES string of the molecule is CCN=Cc1ccc(C=NC)cc1. The first kappa shape index (κ1) is 9.65. The average Bonchev–Trinajstić information content (AvgIpc) is 2.17. The Balaban J connectivity index is 2.75. The van der Waals surface area contributed by atoms with Crippen LogP contribution in [0.5, 0.6) is 0 Å². The summed E-state index contributed by atoms with van der Waals surface area (Å²) in [5.41, 5.74) is 2.26. The molecule has 0 aliphatic carbocycles. The molecule has 0 spiro atoms. The van der Waals surface area contributed by atoms with Gasteiger partial charge in [0.2, 0.25) is 0 Å². The Hall–Kier alpha value is -1.44. The zero-order valence-corrected chi connectivity index (χ0v) is 8.07. The van der Waals surface area contributed by atoms with Gasteiger partial charge in [-0.3, -0.25) is 9.98 Å². The fraction of sp³-hybridized carbons (Fsp3) is 0.273. The van der Waals surface area contributed by atoms with Crippen molar-refractivity contribution in [2.24, 2.45) is 9.98 Å². The monoisotopic (exact) mass is 174 g/mol. The van der Waals surface area contributed by atoms with Crippen molar-refractivity contribution in [3.63, 3.8) is 0 Å². The van der Waals surface area contributed by atoms with Crippen LogP contribution in [0.15, 0.2) is 34.3 Å². The van der Waals surface area contributed by atoms with E-state index >= 15 is 0 Å². The van der Waals surface area contributed by atoms with Crippen LogP contribution in [-0.4, -0.2) is 26.0 Å². The zero-order chi connectivity index (χ0) is 9.52. The first-order chi connectivity index (χ1) is 6.36. The van der Waals surface area contributed by atoms with E-state index in [1.165, 1.54) is 0 Å². The molecule has 0 radical (unpaired) electrons. The third-order valence-corrected chi connectivity index (χ3v) is 1.64. The topological polar surface area (TPSA) is 24.7 Å². The number of hydrogen-bond donors (Lipinski definition) is 0. The Morgan fingerprint density at radius 1 is 1.08 bits per heavy atom. The zero-order valence-electron chi connectivity index (χ0n) is 8.07. The maximum Gasteiger partial charge on any atom is 0.0361 e. The van der Waals surface area contributed by atoms with E-state index in [9.17, 15) is 0 Å². The highest BCUT2D eigenvalue weighted by Gasteiger charge is 1.87. The molecule has 0 unspecified atom stereocenters. The van der Waals surface area contributed by atoms with Crippen LogP contribution < -0.4 is 0 Å². The molecule has 68 valence electrons. The highest BCUT2D eigenvalue weighted by atomic mass is 14.7. The van der Waals surface area contributed by atoms with Crippen LogP contribution in [0.3, 0.4) is 0 Å². The highest BCUT2D eigenvalue weighted by molar-refractivity contribution is 5.83. The summed E-state index contributed by atoms with van der Waals surface area (Å²) in [6, 6.07) is 8.14. The van der Waals surface area contributed by atoms with Crippen LogP contribution in [-0.2, 0) is 0 Å². The van der Waals surface area contributed by atoms with Gasteiger partial charge in [-0.25, -0.2) is 0 Å². The van der Waals surface area contributed by atoms with Gasteiger partial charge in [-0.2, -0.15) is 0 Å². The Bertz CT molecular complexity index is 296. The van der Waals surface area contributed by atoms with E-state index in [0.29, 0.717) is 0 Å². The van der Waals surface area contributed by atoms with Gasteiger partial charge in [-0.15, -0.1) is 0 Å². The molecule has 0 aliphatic heterocycles. The van der Waals surface area contributed by atoms with Crippen LogP contribution in [0.1, 0.15) is 18.1 Å². The molecule has 0 heterocycles. The molecule has 1 rings (SSSR count). The third-order valence-electron chi connectivity index (χ3n) is 1.64. The van der Waals surface area contributed by atoms with E-state index < -0.39 is 0 Å². The fourth-order valence-electron chi connectivity index (χ4n) is 1.01. The van der Waals surface area contributed by atoms with Crippen molar-refractivity contribution >= 4 is 12.4 Å². The minimum atomic E-state index is 0.832. The van der Waals surface area contributed by atoms with Crippen LogP contribution in [0.2, 0.25) is 0 Å². The summed E-state index contributed by atoms with van der Waals surface area (Å²) in [7, 11) is 1.77. The number of aliphatic imine (C=N–C) groups is 2. The lowest BCUT2D eigenvalue weighted by molar-refractivity contribution is 1.14. The van der Waals surface area contributed by atoms with Gasteiger partial charge in [0.05, 0.1) is 0 Å². The lowest BCUT2D eigenvalue weighted by Crippen LogP contribution is -1.84. The lowest BCUT2D eigenvalue weighted by atomic mass is 10.2. The predicted molar refractivity (Wildman–Crippen MR) is 58.1 cm³/mol. The standard InChI is InChI=1S/C11H14N2/c1-3-13-9-11-6-4-10(5-7-11)8-12-2/h4-9H,3H2,1-2H3. The summed E-state index contributed by atoms with van der Waals surface area (Å²) >= 11 is 0. The summed E-state index contributed by atoms with van der Waals surface area (Å²) in [6.07, 6.45) is 3.72. The van der Waals surface area contributed by atoms with Gasteiger partial charge < -0.3 is 0 Å². The number of nitrogens with zero attached hydrogens (tertiary/aromatic N) is 2. The van der Waals surface area contributed by atoms with Gasteiger partial charge in [0.15, 0.2) is 0 Å². The van der Waals surface area contributed by atoms with Crippen molar-refractivity contribution in [1.29, 1.82) is 0 Å². The summed E-state index contributed by atoms with van der Waals surface area (Å²) in [5.74, 6) is 0. The Morgan fingerprint density at radius 3 is 2.08 bits per heavy atom. The van der Waals surface area contributed by atoms with Gasteiger partial charge in [0.1, 0.15) is 0 Å². The van der Waals surface area contributed by atoms with Crippen molar-refractivity contribution in [1.82, 2.24) is 0 Å². The predicted octanol–water partition coefficient (Wildman–Crippen LogP) is 2.17. The number of rotatable bonds is 3. The summed E-state index contributed by atoms with van der Waals surface area (Å²) in [6.45, 7) is 2.85. The molecule has 1 aromatic rings. The quantitative estimate of drug-likeness (QED) is 0.627. The molecular formula is C11H14N2. The van der Waals surface area contributed by atoms with E-state index in [0.717, 1.165) is 17.7 Å². The molecular weight excluding hydrogens is 160 g/mol. The normalized spacial score (nSPS) is 11.5. The summed E-state index contributed by atoms with van der Waals surface area (Å²) in [4.78, 5) is 8.10. The molecule has 0 amide bonds. The molecule has 0 N–H and O–H groups in total. The average molecular weight is 174 g/mol. The Labute approximate surface area is 79.0 Å². The number of benzene rings is 1. The van der Waals surface area contributed by atoms with Gasteiger partial charge in [0, 0.05) is 26.0 Å². The molecule has 0 aromatic heterocycles. The maximum absolute atomic E-state index is 4.16. The summed E-state index contributed by atoms with van der Waals surface area (Å²) in [5, 5.41) is 0. The second-order valence-electron chi connectivity index (χ2n) is 2.68. The van der Waals surface area contributed by atoms with Crippen molar-refractivity contribution in [3.8, 4) is 0 Å². The van der Waals surface area contributed by atoms with Gasteiger partial charge >= 0.3 is 0 Å². The van der Waals surface area contributed by atoms with Gasteiger partial charge in [-0.05, 0) is 18.1 Å². The maximum atomic E-state index is 4.16. The van der Waals surface area contributed by atoms with Crippen LogP contribution in [0.4, 0.5) is 0 Å². The molecule has 2 heteroatoms. The molecule has 0 aliphatic rings. The molecule has 0 saturated heterocycles. The second kappa shape index (κ2) is 5.25. The van der Waals surface area contributed by atoms with Gasteiger partial charge in [0.25, 0.3) is 0 Å². The van der Waals surface area contributed by atoms with Crippen molar-refractivity contribution in [2.45, 2.75) is 6.92 Å². The minimum Gasteiger partial charge on any atom is -0.296 e. The Morgan fingerprint density at radius 2 is 1.62 bits per heavy atom. The van der Waals surface area contributed by atoms with E-state index in [-0.39, 0.29) is 0 Å². The smallest absolute Gasteiger partial charge is 0.0361 e. The van der Waals surface area contributed by atoms with E-state index in [4.69, 9.17) is 0 Å².